The average molecular weight is 300 g/mol. The number of piperidine rings is 1. The summed E-state index contributed by atoms with van der Waals surface area (Å²) in [5.41, 5.74) is 1.40. The molecule has 2 aliphatic heterocycles. The van der Waals surface area contributed by atoms with Gasteiger partial charge in [0.25, 0.3) is 0 Å². The summed E-state index contributed by atoms with van der Waals surface area (Å²) in [5.74, 6) is 1.66. The van der Waals surface area contributed by atoms with E-state index >= 15 is 0 Å². The lowest BCUT2D eigenvalue weighted by atomic mass is 9.82. The van der Waals surface area contributed by atoms with Crippen LogP contribution in [0.25, 0.3) is 0 Å². The molecule has 0 spiro atoms. The Morgan fingerprint density at radius 3 is 2.55 bits per heavy atom. The van der Waals surface area contributed by atoms with E-state index in [0.717, 1.165) is 32.6 Å². The lowest BCUT2D eigenvalue weighted by Gasteiger charge is -2.37. The summed E-state index contributed by atoms with van der Waals surface area (Å²) >= 11 is 0. The molecular formula is C19H28N2O. The van der Waals surface area contributed by atoms with Gasteiger partial charge in [-0.3, -0.25) is 9.69 Å². The van der Waals surface area contributed by atoms with Crippen molar-refractivity contribution in [2.45, 2.75) is 45.7 Å². The third kappa shape index (κ3) is 3.52. The molecule has 2 fully saturated rings. The lowest BCUT2D eigenvalue weighted by molar-refractivity contribution is -0.133. The van der Waals surface area contributed by atoms with Crippen LogP contribution in [-0.2, 0) is 11.3 Å². The molecule has 0 bridgehead atoms. The van der Waals surface area contributed by atoms with Crippen molar-refractivity contribution < 1.29 is 4.79 Å². The third-order valence-electron chi connectivity index (χ3n) is 5.35. The Hall–Kier alpha value is -1.35. The average Bonchev–Trinajstić information content (AvgIpc) is 2.66. The minimum atomic E-state index is 0.341. The lowest BCUT2D eigenvalue weighted by Crippen LogP contribution is -2.40. The monoisotopic (exact) mass is 300 g/mol. The van der Waals surface area contributed by atoms with Crippen LogP contribution in [0.15, 0.2) is 30.3 Å². The number of carbonyl (C=O) groups excluding carboxylic acids is 1. The van der Waals surface area contributed by atoms with Crippen molar-refractivity contribution in [3.63, 3.8) is 0 Å². The molecule has 1 aromatic carbocycles. The summed E-state index contributed by atoms with van der Waals surface area (Å²) in [5, 5.41) is 0. The molecule has 2 aliphatic rings. The molecule has 120 valence electrons. The highest BCUT2D eigenvalue weighted by Gasteiger charge is 2.35. The maximum atomic E-state index is 12.4. The molecule has 3 nitrogen and oxygen atoms in total. The Morgan fingerprint density at radius 2 is 1.82 bits per heavy atom. The fourth-order valence-electron chi connectivity index (χ4n) is 4.05. The Labute approximate surface area is 134 Å². The topological polar surface area (TPSA) is 23.6 Å². The summed E-state index contributed by atoms with van der Waals surface area (Å²) in [6.45, 7) is 8.54. The molecule has 3 rings (SSSR count). The van der Waals surface area contributed by atoms with E-state index in [4.69, 9.17) is 0 Å². The van der Waals surface area contributed by atoms with Crippen LogP contribution in [0.2, 0.25) is 0 Å². The van der Waals surface area contributed by atoms with E-state index in [1.54, 1.807) is 0 Å². The minimum Gasteiger partial charge on any atom is -0.340 e. The van der Waals surface area contributed by atoms with Gasteiger partial charge in [-0.2, -0.15) is 0 Å². The van der Waals surface area contributed by atoms with Crippen molar-refractivity contribution in [3.8, 4) is 0 Å². The fourth-order valence-corrected chi connectivity index (χ4v) is 4.05. The van der Waals surface area contributed by atoms with Crippen LogP contribution < -0.4 is 0 Å². The number of nitrogens with zero attached hydrogens (tertiary/aromatic N) is 2. The highest BCUT2D eigenvalue weighted by molar-refractivity contribution is 5.77. The van der Waals surface area contributed by atoms with Crippen LogP contribution in [0.4, 0.5) is 0 Å². The van der Waals surface area contributed by atoms with Gasteiger partial charge in [0, 0.05) is 32.1 Å². The van der Waals surface area contributed by atoms with Crippen molar-refractivity contribution >= 4 is 5.91 Å². The summed E-state index contributed by atoms with van der Waals surface area (Å²) in [7, 11) is 0. The smallest absolute Gasteiger partial charge is 0.223 e. The van der Waals surface area contributed by atoms with Crippen LogP contribution in [0.1, 0.15) is 38.7 Å². The van der Waals surface area contributed by atoms with Gasteiger partial charge < -0.3 is 4.90 Å². The number of rotatable bonds is 3. The van der Waals surface area contributed by atoms with Crippen molar-refractivity contribution in [2.24, 2.45) is 11.8 Å². The van der Waals surface area contributed by atoms with Crippen molar-refractivity contribution in [1.82, 2.24) is 9.80 Å². The zero-order chi connectivity index (χ0) is 15.5. The van der Waals surface area contributed by atoms with Crippen LogP contribution in [-0.4, -0.2) is 41.4 Å². The summed E-state index contributed by atoms with van der Waals surface area (Å²) in [6.07, 6.45) is 3.11. The highest BCUT2D eigenvalue weighted by atomic mass is 16.2. The van der Waals surface area contributed by atoms with E-state index in [1.165, 1.54) is 18.4 Å². The van der Waals surface area contributed by atoms with Gasteiger partial charge in [-0.15, -0.1) is 0 Å². The fraction of sp³-hybridized carbons (Fsp3) is 0.632. The second-order valence-corrected chi connectivity index (χ2v) is 7.20. The molecule has 2 atom stereocenters. The van der Waals surface area contributed by atoms with Gasteiger partial charge in [0.2, 0.25) is 5.91 Å². The first kappa shape index (κ1) is 15.5. The molecule has 3 heteroatoms. The van der Waals surface area contributed by atoms with Crippen molar-refractivity contribution in [1.29, 1.82) is 0 Å². The first-order valence-corrected chi connectivity index (χ1v) is 8.69. The molecule has 0 unspecified atom stereocenters. The first-order chi connectivity index (χ1) is 10.6. The summed E-state index contributed by atoms with van der Waals surface area (Å²) in [6, 6.07) is 11.1. The van der Waals surface area contributed by atoms with E-state index in [0.29, 0.717) is 23.8 Å². The second kappa shape index (κ2) is 6.82. The predicted octanol–water partition coefficient (Wildman–Crippen LogP) is 3.16. The van der Waals surface area contributed by atoms with Gasteiger partial charge in [-0.25, -0.2) is 0 Å². The van der Waals surface area contributed by atoms with E-state index < -0.39 is 0 Å². The van der Waals surface area contributed by atoms with E-state index in [2.05, 4.69) is 54.0 Å². The molecule has 0 aromatic heterocycles. The molecule has 1 amide bonds. The Kier molecular flexibility index (Phi) is 4.82. The maximum Gasteiger partial charge on any atom is 0.223 e. The number of benzene rings is 1. The SMILES string of the molecule is CC(C)N1CC[C@H]2CN(Cc3ccccc3)CC[C@H]2CC1=O. The molecule has 2 saturated heterocycles. The number of likely N-dealkylation sites (tertiary alicyclic amines) is 2. The van der Waals surface area contributed by atoms with E-state index in [1.807, 2.05) is 0 Å². The molecule has 1 aromatic rings. The number of hydrogen-bond acceptors (Lipinski definition) is 2. The van der Waals surface area contributed by atoms with E-state index in [9.17, 15) is 4.79 Å². The number of carbonyl (C=O) groups is 1. The summed E-state index contributed by atoms with van der Waals surface area (Å²) < 4.78 is 0. The van der Waals surface area contributed by atoms with Crippen LogP contribution in [0.3, 0.4) is 0 Å². The first-order valence-electron chi connectivity index (χ1n) is 8.69. The normalized spacial score (nSPS) is 26.9. The Bertz CT molecular complexity index is 499. The second-order valence-electron chi connectivity index (χ2n) is 7.20. The highest BCUT2D eigenvalue weighted by Crippen LogP contribution is 2.33. The Balaban J connectivity index is 1.62. The zero-order valence-electron chi connectivity index (χ0n) is 13.9. The molecular weight excluding hydrogens is 272 g/mol. The van der Waals surface area contributed by atoms with Crippen LogP contribution in [0.5, 0.6) is 0 Å². The predicted molar refractivity (Wildman–Crippen MR) is 89.4 cm³/mol. The van der Waals surface area contributed by atoms with E-state index in [-0.39, 0.29) is 0 Å². The van der Waals surface area contributed by atoms with Gasteiger partial charge in [0.15, 0.2) is 0 Å². The molecule has 0 radical (unpaired) electrons. The number of hydrogen-bond donors (Lipinski definition) is 0. The van der Waals surface area contributed by atoms with Crippen molar-refractivity contribution in [2.75, 3.05) is 19.6 Å². The van der Waals surface area contributed by atoms with Crippen molar-refractivity contribution in [3.05, 3.63) is 35.9 Å². The van der Waals surface area contributed by atoms with Gasteiger partial charge in [0.1, 0.15) is 0 Å². The largest absolute Gasteiger partial charge is 0.340 e. The molecule has 2 heterocycles. The third-order valence-corrected chi connectivity index (χ3v) is 5.35. The molecule has 0 aliphatic carbocycles. The van der Waals surface area contributed by atoms with Gasteiger partial charge >= 0.3 is 0 Å². The minimum absolute atomic E-state index is 0.341. The number of fused-ring (bicyclic) bond motifs is 1. The molecule has 22 heavy (non-hydrogen) atoms. The van der Waals surface area contributed by atoms with Crippen LogP contribution in [0, 0.1) is 11.8 Å². The van der Waals surface area contributed by atoms with Gasteiger partial charge in [0.05, 0.1) is 0 Å². The quantitative estimate of drug-likeness (QED) is 0.856. The van der Waals surface area contributed by atoms with Crippen LogP contribution >= 0.6 is 0 Å². The zero-order valence-corrected chi connectivity index (χ0v) is 13.9. The van der Waals surface area contributed by atoms with Gasteiger partial charge in [-0.05, 0) is 50.6 Å². The molecule has 0 N–H and O–H groups in total. The van der Waals surface area contributed by atoms with Gasteiger partial charge in [-0.1, -0.05) is 30.3 Å². The Morgan fingerprint density at radius 1 is 1.09 bits per heavy atom. The maximum absolute atomic E-state index is 12.4. The standard InChI is InChI=1S/C19H28N2O/c1-15(2)21-11-9-18-14-20(10-8-17(18)12-19(21)22)13-16-6-4-3-5-7-16/h3-7,15,17-18H,8-14H2,1-2H3/t17-,18-/m0/s1. The summed E-state index contributed by atoms with van der Waals surface area (Å²) in [4.78, 5) is 17.1. The number of amides is 1. The molecule has 0 saturated carbocycles.